The minimum Gasteiger partial charge on any atom is -0.371 e. The Bertz CT molecular complexity index is 513. The average molecular weight is 212 g/mol. The fraction of sp³-hybridized carbons (Fsp3) is 0.357. The summed E-state index contributed by atoms with van der Waals surface area (Å²) < 4.78 is 0. The van der Waals surface area contributed by atoms with E-state index in [9.17, 15) is 0 Å². The van der Waals surface area contributed by atoms with Gasteiger partial charge in [0.15, 0.2) is 0 Å². The van der Waals surface area contributed by atoms with E-state index in [0.29, 0.717) is 0 Å². The van der Waals surface area contributed by atoms with Crippen LogP contribution in [0.25, 0.3) is 10.9 Å². The van der Waals surface area contributed by atoms with Crippen LogP contribution in [0.5, 0.6) is 0 Å². The molecule has 1 aliphatic heterocycles. The summed E-state index contributed by atoms with van der Waals surface area (Å²) in [7, 11) is 0. The molecule has 0 unspecified atom stereocenters. The number of aryl methyl sites for hydroxylation is 1. The van der Waals surface area contributed by atoms with E-state index in [2.05, 4.69) is 35.0 Å². The Kier molecular flexibility index (Phi) is 2.28. The predicted molar refractivity (Wildman–Crippen MR) is 67.9 cm³/mol. The average Bonchev–Trinajstić information content (AvgIpc) is 2.83. The first-order chi connectivity index (χ1) is 7.86. The summed E-state index contributed by atoms with van der Waals surface area (Å²) in [5, 5.41) is 1.30. The number of anilines is 1. The van der Waals surface area contributed by atoms with Crippen molar-refractivity contribution in [2.24, 2.45) is 0 Å². The molecule has 1 aromatic heterocycles. The largest absolute Gasteiger partial charge is 0.371 e. The van der Waals surface area contributed by atoms with Gasteiger partial charge in [-0.3, -0.25) is 4.98 Å². The first-order valence-electron chi connectivity index (χ1n) is 5.95. The van der Waals surface area contributed by atoms with Gasteiger partial charge in [0.05, 0.1) is 5.52 Å². The molecule has 0 atom stereocenters. The second-order valence-corrected chi connectivity index (χ2v) is 4.50. The van der Waals surface area contributed by atoms with Gasteiger partial charge in [-0.05, 0) is 43.5 Å². The molecule has 0 saturated carbocycles. The molecule has 16 heavy (non-hydrogen) atoms. The number of fused-ring (bicyclic) bond motifs is 1. The van der Waals surface area contributed by atoms with E-state index in [1.807, 2.05) is 12.3 Å². The summed E-state index contributed by atoms with van der Waals surface area (Å²) in [4.78, 5) is 6.96. The van der Waals surface area contributed by atoms with Gasteiger partial charge < -0.3 is 4.90 Å². The summed E-state index contributed by atoms with van der Waals surface area (Å²) in [6, 6.07) is 8.64. The van der Waals surface area contributed by atoms with Gasteiger partial charge in [-0.25, -0.2) is 0 Å². The lowest BCUT2D eigenvalue weighted by molar-refractivity contribution is 0.949. The molecular formula is C14H16N2. The van der Waals surface area contributed by atoms with Crippen LogP contribution in [-0.2, 0) is 0 Å². The lowest BCUT2D eigenvalue weighted by Crippen LogP contribution is -2.17. The van der Waals surface area contributed by atoms with Crippen molar-refractivity contribution < 1.29 is 0 Å². The maximum Gasteiger partial charge on any atom is 0.0751 e. The topological polar surface area (TPSA) is 16.1 Å². The summed E-state index contributed by atoms with van der Waals surface area (Å²) in [6.07, 6.45) is 4.51. The normalized spacial score (nSPS) is 15.9. The molecule has 0 N–H and O–H groups in total. The van der Waals surface area contributed by atoms with Crippen LogP contribution < -0.4 is 4.90 Å². The van der Waals surface area contributed by atoms with Gasteiger partial charge >= 0.3 is 0 Å². The first kappa shape index (κ1) is 9.64. The third-order valence-electron chi connectivity index (χ3n) is 3.40. The van der Waals surface area contributed by atoms with Gasteiger partial charge in [0.1, 0.15) is 0 Å². The zero-order valence-electron chi connectivity index (χ0n) is 9.61. The molecule has 0 radical (unpaired) electrons. The number of hydrogen-bond acceptors (Lipinski definition) is 2. The Labute approximate surface area is 95.9 Å². The highest BCUT2D eigenvalue weighted by Gasteiger charge is 2.15. The van der Waals surface area contributed by atoms with Crippen LogP contribution in [0.1, 0.15) is 18.4 Å². The van der Waals surface area contributed by atoms with Crippen molar-refractivity contribution in [3.8, 4) is 0 Å². The number of benzene rings is 1. The second kappa shape index (κ2) is 3.78. The molecular weight excluding hydrogens is 196 g/mol. The van der Waals surface area contributed by atoms with E-state index >= 15 is 0 Å². The number of nitrogens with zero attached hydrogens (tertiary/aromatic N) is 2. The second-order valence-electron chi connectivity index (χ2n) is 4.50. The van der Waals surface area contributed by atoms with Gasteiger partial charge in [-0.2, -0.15) is 0 Å². The highest BCUT2D eigenvalue weighted by atomic mass is 15.1. The maximum absolute atomic E-state index is 4.49. The van der Waals surface area contributed by atoms with Crippen molar-refractivity contribution in [2.75, 3.05) is 18.0 Å². The predicted octanol–water partition coefficient (Wildman–Crippen LogP) is 3.14. The van der Waals surface area contributed by atoms with Crippen molar-refractivity contribution in [1.29, 1.82) is 0 Å². The van der Waals surface area contributed by atoms with Gasteiger partial charge in [0.25, 0.3) is 0 Å². The molecule has 2 nitrogen and oxygen atoms in total. The molecule has 0 amide bonds. The van der Waals surface area contributed by atoms with Crippen molar-refractivity contribution in [3.05, 3.63) is 36.0 Å². The summed E-state index contributed by atoms with van der Waals surface area (Å²) in [5.41, 5.74) is 3.76. The molecule has 2 heteroatoms. The summed E-state index contributed by atoms with van der Waals surface area (Å²) in [5.74, 6) is 0. The number of aromatic nitrogens is 1. The van der Waals surface area contributed by atoms with Gasteiger partial charge in [0, 0.05) is 30.4 Å². The van der Waals surface area contributed by atoms with E-state index in [-0.39, 0.29) is 0 Å². The molecule has 0 spiro atoms. The zero-order valence-corrected chi connectivity index (χ0v) is 9.61. The van der Waals surface area contributed by atoms with Crippen LogP contribution in [0.4, 0.5) is 5.69 Å². The molecule has 2 aromatic rings. The third-order valence-corrected chi connectivity index (χ3v) is 3.40. The Morgan fingerprint density at radius 1 is 1.12 bits per heavy atom. The van der Waals surface area contributed by atoms with Gasteiger partial charge in [0.2, 0.25) is 0 Å². The van der Waals surface area contributed by atoms with E-state index < -0.39 is 0 Å². The third kappa shape index (κ3) is 1.45. The van der Waals surface area contributed by atoms with Crippen molar-refractivity contribution in [3.63, 3.8) is 0 Å². The summed E-state index contributed by atoms with van der Waals surface area (Å²) in [6.45, 7) is 4.50. The quantitative estimate of drug-likeness (QED) is 0.722. The van der Waals surface area contributed by atoms with Crippen molar-refractivity contribution >= 4 is 16.6 Å². The van der Waals surface area contributed by atoms with E-state index in [0.717, 1.165) is 5.52 Å². The number of pyridine rings is 1. The monoisotopic (exact) mass is 212 g/mol. The lowest BCUT2D eigenvalue weighted by atomic mass is 10.1. The molecule has 1 saturated heterocycles. The van der Waals surface area contributed by atoms with E-state index in [4.69, 9.17) is 0 Å². The Balaban J connectivity index is 2.21. The number of rotatable bonds is 1. The molecule has 3 rings (SSSR count). The molecule has 1 aromatic carbocycles. The summed E-state index contributed by atoms with van der Waals surface area (Å²) >= 11 is 0. The first-order valence-corrected chi connectivity index (χ1v) is 5.95. The minimum absolute atomic E-state index is 1.15. The van der Waals surface area contributed by atoms with Crippen LogP contribution in [0, 0.1) is 6.92 Å². The molecule has 2 heterocycles. The SMILES string of the molecule is Cc1ccc(N2CCCC2)c2cccnc12. The molecule has 1 fully saturated rings. The Hall–Kier alpha value is -1.57. The number of hydrogen-bond donors (Lipinski definition) is 0. The van der Waals surface area contributed by atoms with E-state index in [1.165, 1.54) is 42.6 Å². The highest BCUT2D eigenvalue weighted by molar-refractivity contribution is 5.93. The van der Waals surface area contributed by atoms with Gasteiger partial charge in [-0.15, -0.1) is 0 Å². The van der Waals surface area contributed by atoms with Crippen LogP contribution >= 0.6 is 0 Å². The maximum atomic E-state index is 4.49. The lowest BCUT2D eigenvalue weighted by Gasteiger charge is -2.20. The van der Waals surface area contributed by atoms with Gasteiger partial charge in [-0.1, -0.05) is 6.07 Å². The smallest absolute Gasteiger partial charge is 0.0751 e. The Morgan fingerprint density at radius 2 is 1.94 bits per heavy atom. The minimum atomic E-state index is 1.15. The fourth-order valence-electron chi connectivity index (χ4n) is 2.53. The molecule has 0 aliphatic carbocycles. The van der Waals surface area contributed by atoms with Crippen LogP contribution in [-0.4, -0.2) is 18.1 Å². The Morgan fingerprint density at radius 3 is 2.75 bits per heavy atom. The zero-order chi connectivity index (χ0) is 11.0. The molecule has 0 bridgehead atoms. The highest BCUT2D eigenvalue weighted by Crippen LogP contribution is 2.29. The van der Waals surface area contributed by atoms with Crippen LogP contribution in [0.3, 0.4) is 0 Å². The van der Waals surface area contributed by atoms with E-state index in [1.54, 1.807) is 0 Å². The fourth-order valence-corrected chi connectivity index (χ4v) is 2.53. The molecule has 82 valence electrons. The standard InChI is InChI=1S/C14H16N2/c1-11-6-7-13(16-9-2-3-10-16)12-5-4-8-15-14(11)12/h4-8H,2-3,9-10H2,1H3. The van der Waals surface area contributed by atoms with Crippen molar-refractivity contribution in [2.45, 2.75) is 19.8 Å². The van der Waals surface area contributed by atoms with Crippen molar-refractivity contribution in [1.82, 2.24) is 4.98 Å². The van der Waals surface area contributed by atoms with Crippen LogP contribution in [0.2, 0.25) is 0 Å². The van der Waals surface area contributed by atoms with Crippen LogP contribution in [0.15, 0.2) is 30.5 Å². The molecule has 1 aliphatic rings.